The Hall–Kier alpha value is -3.26. The standard InChI is InChI=1S/C16H22N6O2.C6H6/c1-11-12(2)20-15(16(23)22-5-7-24-8-6-22)21-14(11)17-4-3-13-9-18-19-10-13;1-2-4-6-5-3-1/h9-10H,3-8H2,1-2H3,(H,18,19)(H,17,20,21);1-6H. The van der Waals surface area contributed by atoms with Crippen molar-refractivity contribution in [2.75, 3.05) is 38.2 Å². The van der Waals surface area contributed by atoms with Crippen LogP contribution in [0.25, 0.3) is 0 Å². The maximum Gasteiger partial charge on any atom is 0.291 e. The fraction of sp³-hybridized carbons (Fsp3) is 0.364. The molecule has 0 spiro atoms. The Morgan fingerprint density at radius 3 is 2.37 bits per heavy atom. The van der Waals surface area contributed by atoms with Crippen LogP contribution in [0.5, 0.6) is 0 Å². The lowest BCUT2D eigenvalue weighted by Gasteiger charge is -2.26. The molecule has 2 N–H and O–H groups in total. The van der Waals surface area contributed by atoms with E-state index >= 15 is 0 Å². The molecule has 0 saturated carbocycles. The molecule has 1 saturated heterocycles. The number of hydrogen-bond acceptors (Lipinski definition) is 6. The zero-order valence-electron chi connectivity index (χ0n) is 17.5. The number of benzene rings is 1. The zero-order chi connectivity index (χ0) is 21.2. The third kappa shape index (κ3) is 6.12. The Morgan fingerprint density at radius 1 is 1.10 bits per heavy atom. The van der Waals surface area contributed by atoms with Gasteiger partial charge in [0.05, 0.1) is 19.4 Å². The van der Waals surface area contributed by atoms with Crippen molar-refractivity contribution in [2.45, 2.75) is 20.3 Å². The second-order valence-corrected chi connectivity index (χ2v) is 6.95. The second kappa shape index (κ2) is 11.1. The van der Waals surface area contributed by atoms with E-state index in [0.29, 0.717) is 38.7 Å². The summed E-state index contributed by atoms with van der Waals surface area (Å²) in [6, 6.07) is 12.0. The van der Waals surface area contributed by atoms with Crippen LogP contribution in [0.1, 0.15) is 27.4 Å². The van der Waals surface area contributed by atoms with Crippen LogP contribution in [0.2, 0.25) is 0 Å². The highest BCUT2D eigenvalue weighted by molar-refractivity contribution is 5.91. The number of nitrogens with zero attached hydrogens (tertiary/aromatic N) is 4. The van der Waals surface area contributed by atoms with Crippen LogP contribution in [-0.2, 0) is 11.2 Å². The molecule has 3 heterocycles. The smallest absolute Gasteiger partial charge is 0.291 e. The molecule has 0 aliphatic carbocycles. The van der Waals surface area contributed by atoms with Gasteiger partial charge in [-0.15, -0.1) is 0 Å². The van der Waals surface area contributed by atoms with Crippen molar-refractivity contribution in [1.29, 1.82) is 0 Å². The van der Waals surface area contributed by atoms with Gasteiger partial charge >= 0.3 is 0 Å². The summed E-state index contributed by atoms with van der Waals surface area (Å²) >= 11 is 0. The lowest BCUT2D eigenvalue weighted by molar-refractivity contribution is 0.0294. The van der Waals surface area contributed by atoms with E-state index in [9.17, 15) is 4.79 Å². The first-order valence-electron chi connectivity index (χ1n) is 10.1. The molecule has 1 aromatic carbocycles. The highest BCUT2D eigenvalue weighted by Gasteiger charge is 2.22. The minimum Gasteiger partial charge on any atom is -0.378 e. The van der Waals surface area contributed by atoms with E-state index in [2.05, 4.69) is 25.5 Å². The van der Waals surface area contributed by atoms with E-state index in [1.54, 1.807) is 11.1 Å². The number of morpholine rings is 1. The monoisotopic (exact) mass is 408 g/mol. The summed E-state index contributed by atoms with van der Waals surface area (Å²) in [5.41, 5.74) is 2.89. The third-order valence-corrected chi connectivity index (χ3v) is 4.81. The Balaban J connectivity index is 0.000000367. The van der Waals surface area contributed by atoms with E-state index in [0.717, 1.165) is 23.2 Å². The minimum absolute atomic E-state index is 0.140. The summed E-state index contributed by atoms with van der Waals surface area (Å²) in [7, 11) is 0. The fourth-order valence-electron chi connectivity index (χ4n) is 2.93. The Kier molecular flexibility index (Phi) is 7.91. The van der Waals surface area contributed by atoms with Crippen LogP contribution in [0, 0.1) is 13.8 Å². The number of hydrogen-bond donors (Lipinski definition) is 2. The molecule has 3 aromatic rings. The molecule has 0 atom stereocenters. The van der Waals surface area contributed by atoms with Crippen LogP contribution >= 0.6 is 0 Å². The maximum absolute atomic E-state index is 12.6. The molecule has 0 unspecified atom stereocenters. The number of ether oxygens (including phenoxy) is 1. The molecule has 4 rings (SSSR count). The van der Waals surface area contributed by atoms with Crippen LogP contribution in [0.15, 0.2) is 48.8 Å². The predicted octanol–water partition coefficient (Wildman–Crippen LogP) is 2.63. The molecular formula is C22H28N6O2. The summed E-state index contributed by atoms with van der Waals surface area (Å²) in [5, 5.41) is 10.0. The number of aromatic nitrogens is 4. The topological polar surface area (TPSA) is 96.0 Å². The van der Waals surface area contributed by atoms with Crippen molar-refractivity contribution in [3.05, 3.63) is 71.4 Å². The molecule has 158 valence electrons. The molecular weight excluding hydrogens is 380 g/mol. The molecule has 1 aliphatic heterocycles. The molecule has 8 heteroatoms. The fourth-order valence-corrected chi connectivity index (χ4v) is 2.93. The number of nitrogens with one attached hydrogen (secondary N) is 2. The van der Waals surface area contributed by atoms with E-state index < -0.39 is 0 Å². The number of aryl methyl sites for hydroxylation is 1. The summed E-state index contributed by atoms with van der Waals surface area (Å²) < 4.78 is 5.29. The molecule has 1 fully saturated rings. The number of carbonyl (C=O) groups is 1. The average molecular weight is 409 g/mol. The van der Waals surface area contributed by atoms with E-state index in [1.165, 1.54) is 0 Å². The van der Waals surface area contributed by atoms with Crippen molar-refractivity contribution in [2.24, 2.45) is 0 Å². The highest BCUT2D eigenvalue weighted by atomic mass is 16.5. The normalized spacial score (nSPS) is 13.3. The number of anilines is 1. The molecule has 2 aromatic heterocycles. The van der Waals surface area contributed by atoms with Gasteiger partial charge in [-0.2, -0.15) is 5.10 Å². The van der Waals surface area contributed by atoms with Gasteiger partial charge in [-0.25, -0.2) is 9.97 Å². The van der Waals surface area contributed by atoms with Crippen molar-refractivity contribution in [3.63, 3.8) is 0 Å². The van der Waals surface area contributed by atoms with Gasteiger partial charge in [-0.05, 0) is 25.8 Å². The number of rotatable bonds is 5. The van der Waals surface area contributed by atoms with Crippen LogP contribution in [0.3, 0.4) is 0 Å². The van der Waals surface area contributed by atoms with E-state index in [-0.39, 0.29) is 11.7 Å². The number of aromatic amines is 1. The number of carbonyl (C=O) groups excluding carboxylic acids is 1. The first-order chi connectivity index (χ1) is 14.6. The lowest BCUT2D eigenvalue weighted by atomic mass is 10.2. The van der Waals surface area contributed by atoms with E-state index in [1.807, 2.05) is 56.4 Å². The second-order valence-electron chi connectivity index (χ2n) is 6.95. The molecule has 0 radical (unpaired) electrons. The molecule has 0 bridgehead atoms. The summed E-state index contributed by atoms with van der Waals surface area (Å²) in [6.07, 6.45) is 4.49. The Morgan fingerprint density at radius 2 is 1.77 bits per heavy atom. The quantitative estimate of drug-likeness (QED) is 0.674. The van der Waals surface area contributed by atoms with Gasteiger partial charge in [0.2, 0.25) is 5.82 Å². The van der Waals surface area contributed by atoms with Gasteiger partial charge in [0.1, 0.15) is 5.82 Å². The number of H-pyrrole nitrogens is 1. The van der Waals surface area contributed by atoms with E-state index in [4.69, 9.17) is 4.74 Å². The van der Waals surface area contributed by atoms with Crippen LogP contribution in [-0.4, -0.2) is 63.8 Å². The highest BCUT2D eigenvalue weighted by Crippen LogP contribution is 2.16. The maximum atomic E-state index is 12.6. The lowest BCUT2D eigenvalue weighted by Crippen LogP contribution is -2.41. The average Bonchev–Trinajstić information content (AvgIpc) is 3.32. The third-order valence-electron chi connectivity index (χ3n) is 4.81. The predicted molar refractivity (Wildman–Crippen MR) is 115 cm³/mol. The Labute approximate surface area is 176 Å². The minimum atomic E-state index is -0.140. The number of amides is 1. The molecule has 8 nitrogen and oxygen atoms in total. The van der Waals surface area contributed by atoms with Crippen molar-refractivity contribution in [3.8, 4) is 0 Å². The van der Waals surface area contributed by atoms with Crippen molar-refractivity contribution in [1.82, 2.24) is 25.1 Å². The molecule has 1 aliphatic rings. The first-order valence-corrected chi connectivity index (χ1v) is 10.1. The summed E-state index contributed by atoms with van der Waals surface area (Å²) in [6.45, 7) is 6.85. The van der Waals surface area contributed by atoms with Gasteiger partial charge in [0, 0.05) is 37.1 Å². The Bertz CT molecular complexity index is 882. The van der Waals surface area contributed by atoms with Gasteiger partial charge in [0.15, 0.2) is 0 Å². The zero-order valence-corrected chi connectivity index (χ0v) is 17.5. The summed E-state index contributed by atoms with van der Waals surface area (Å²) in [5.74, 6) is 0.813. The van der Waals surface area contributed by atoms with Gasteiger partial charge in [0.25, 0.3) is 5.91 Å². The first kappa shape index (κ1) is 21.4. The summed E-state index contributed by atoms with van der Waals surface area (Å²) in [4.78, 5) is 23.1. The van der Waals surface area contributed by atoms with Gasteiger partial charge in [-0.1, -0.05) is 36.4 Å². The van der Waals surface area contributed by atoms with Crippen molar-refractivity contribution < 1.29 is 9.53 Å². The van der Waals surface area contributed by atoms with Crippen molar-refractivity contribution >= 4 is 11.7 Å². The molecule has 1 amide bonds. The van der Waals surface area contributed by atoms with Gasteiger partial charge in [-0.3, -0.25) is 9.89 Å². The van der Waals surface area contributed by atoms with Gasteiger partial charge < -0.3 is 15.0 Å². The SMILES string of the molecule is Cc1nc(C(=O)N2CCOCC2)nc(NCCc2cn[nH]c2)c1C.c1ccccc1. The van der Waals surface area contributed by atoms with Crippen LogP contribution < -0.4 is 5.32 Å². The van der Waals surface area contributed by atoms with Crippen LogP contribution in [0.4, 0.5) is 5.82 Å². The molecule has 30 heavy (non-hydrogen) atoms. The largest absolute Gasteiger partial charge is 0.378 e.